The zero-order valence-corrected chi connectivity index (χ0v) is 31.6. The van der Waals surface area contributed by atoms with Crippen molar-refractivity contribution < 1.29 is 0 Å². The molecule has 0 aliphatic heterocycles. The third-order valence-corrected chi connectivity index (χ3v) is 11.1. The van der Waals surface area contributed by atoms with E-state index in [1.165, 1.54) is 0 Å². The molecule has 0 bridgehead atoms. The normalized spacial score (nSPS) is 10.9. The van der Waals surface area contributed by atoms with Gasteiger partial charge in [-0.3, -0.25) is 4.98 Å². The second kappa shape index (κ2) is 14.0. The first kappa shape index (κ1) is 35.2. The van der Waals surface area contributed by atoms with E-state index in [4.69, 9.17) is 18.1 Å². The van der Waals surface area contributed by atoms with Crippen LogP contribution in [0.1, 0.15) is 16.7 Å². The molecule has 60 heavy (non-hydrogen) atoms. The van der Waals surface area contributed by atoms with Crippen LogP contribution < -0.4 is 0 Å². The fourth-order valence-corrected chi connectivity index (χ4v) is 8.50. The number of para-hydroxylation sites is 2. The van der Waals surface area contributed by atoms with Gasteiger partial charge >= 0.3 is 0 Å². The lowest BCUT2D eigenvalue weighted by atomic mass is 9.97. The van der Waals surface area contributed by atoms with Gasteiger partial charge in [0.05, 0.1) is 93.9 Å². The summed E-state index contributed by atoms with van der Waals surface area (Å²) in [5.74, 6) is 0. The Labute approximate surface area is 344 Å². The Hall–Kier alpha value is -9.26. The highest BCUT2D eigenvalue weighted by molar-refractivity contribution is 6.13. The molecule has 0 aliphatic rings. The minimum atomic E-state index is 0.420. The van der Waals surface area contributed by atoms with Crippen LogP contribution in [-0.2, 0) is 0 Å². The quantitative estimate of drug-likeness (QED) is 0.163. The molecule has 10 aromatic rings. The van der Waals surface area contributed by atoms with E-state index in [1.807, 2.05) is 79.1 Å². The van der Waals surface area contributed by atoms with E-state index in [0.717, 1.165) is 88.4 Å². The lowest BCUT2D eigenvalue weighted by molar-refractivity contribution is 1.09. The van der Waals surface area contributed by atoms with E-state index in [-0.39, 0.29) is 0 Å². The van der Waals surface area contributed by atoms with Gasteiger partial charge < -0.3 is 9.13 Å². The van der Waals surface area contributed by atoms with Gasteiger partial charge in [0.15, 0.2) is 11.4 Å². The van der Waals surface area contributed by atoms with Crippen molar-refractivity contribution >= 4 is 55.0 Å². The lowest BCUT2D eigenvalue weighted by Crippen LogP contribution is -2.05. The molecule has 3 aromatic heterocycles. The van der Waals surface area contributed by atoms with Crippen LogP contribution in [0.5, 0.6) is 0 Å². The molecule has 0 radical (unpaired) electrons. The molecule has 0 unspecified atom stereocenters. The highest BCUT2D eigenvalue weighted by atomic mass is 15.0. The fourth-order valence-electron chi connectivity index (χ4n) is 8.50. The summed E-state index contributed by atoms with van der Waals surface area (Å²) < 4.78 is 4.44. The van der Waals surface area contributed by atoms with Gasteiger partial charge in [0.1, 0.15) is 0 Å². The van der Waals surface area contributed by atoms with Gasteiger partial charge in [0.2, 0.25) is 0 Å². The summed E-state index contributed by atoms with van der Waals surface area (Å²) in [5, 5.41) is 33.6. The van der Waals surface area contributed by atoms with Crippen molar-refractivity contribution in [1.29, 1.82) is 15.8 Å². The van der Waals surface area contributed by atoms with Gasteiger partial charge in [-0.1, -0.05) is 84.9 Å². The third kappa shape index (κ3) is 5.45. The minimum absolute atomic E-state index is 0.420. The number of aromatic nitrogens is 3. The summed E-state index contributed by atoms with van der Waals surface area (Å²) in [4.78, 5) is 12.2. The maximum Gasteiger partial charge on any atom is 0.184 e. The van der Waals surface area contributed by atoms with Gasteiger partial charge in [-0.25, -0.2) is 9.69 Å². The van der Waals surface area contributed by atoms with Crippen LogP contribution in [0.25, 0.3) is 98.1 Å². The number of fused-ring (bicyclic) bond motifs is 6. The number of pyridine rings is 1. The van der Waals surface area contributed by atoms with Crippen molar-refractivity contribution in [2.75, 3.05) is 0 Å². The number of hydrogen-bond donors (Lipinski definition) is 0. The molecule has 10 rings (SSSR count). The van der Waals surface area contributed by atoms with Gasteiger partial charge in [-0.2, -0.15) is 15.8 Å². The molecule has 0 aliphatic carbocycles. The average Bonchev–Trinajstić information content (AvgIpc) is 3.82. The monoisotopic (exact) mass is 762 g/mol. The molecule has 8 heteroatoms. The van der Waals surface area contributed by atoms with Gasteiger partial charge in [-0.05, 0) is 88.5 Å². The highest BCUT2D eigenvalue weighted by Crippen LogP contribution is 2.44. The van der Waals surface area contributed by atoms with Crippen molar-refractivity contribution in [1.82, 2.24) is 14.1 Å². The molecule has 0 fully saturated rings. The molecule has 7 aromatic carbocycles. The van der Waals surface area contributed by atoms with Crippen LogP contribution in [0.15, 0.2) is 158 Å². The number of nitriles is 3. The van der Waals surface area contributed by atoms with Crippen molar-refractivity contribution in [2.24, 2.45) is 0 Å². The van der Waals surface area contributed by atoms with Crippen molar-refractivity contribution in [3.63, 3.8) is 0 Å². The molecule has 0 saturated carbocycles. The fraction of sp³-hybridized carbons (Fsp3) is 0. The topological polar surface area (TPSA) is 103 Å². The van der Waals surface area contributed by atoms with E-state index in [9.17, 15) is 15.8 Å². The SMILES string of the molecule is [C-]#[N+]c1ccc(-c2ccc3c(c2)c2ccccc2n3-c2cncc(-n3c4ccccc4c4cc(-c5ccc(C#N)cc5C#N)ccc43)c2-c2cccc(C#N)c2)c([N+]#[C-])c1. The zero-order chi connectivity index (χ0) is 40.9. The Balaban J connectivity index is 1.26. The zero-order valence-electron chi connectivity index (χ0n) is 31.6. The second-order valence-corrected chi connectivity index (χ2v) is 14.3. The highest BCUT2D eigenvalue weighted by Gasteiger charge is 2.23. The second-order valence-electron chi connectivity index (χ2n) is 14.3. The molecule has 0 amide bonds. The summed E-state index contributed by atoms with van der Waals surface area (Å²) in [6.45, 7) is 15.3. The first-order valence-electron chi connectivity index (χ1n) is 18.9. The van der Waals surface area contributed by atoms with E-state index in [1.54, 1.807) is 30.3 Å². The molecular formula is C52H26N8. The molecular weight excluding hydrogens is 737 g/mol. The van der Waals surface area contributed by atoms with Crippen molar-refractivity contribution in [3.05, 3.63) is 198 Å². The molecule has 0 N–H and O–H groups in total. The Morgan fingerprint density at radius 2 is 1.05 bits per heavy atom. The van der Waals surface area contributed by atoms with Gasteiger partial charge in [-0.15, -0.1) is 0 Å². The van der Waals surface area contributed by atoms with E-state index >= 15 is 0 Å². The van der Waals surface area contributed by atoms with Crippen LogP contribution in [0, 0.1) is 47.1 Å². The van der Waals surface area contributed by atoms with E-state index in [0.29, 0.717) is 28.1 Å². The van der Waals surface area contributed by atoms with Crippen LogP contribution in [0.4, 0.5) is 11.4 Å². The summed E-state index contributed by atoms with van der Waals surface area (Å²) in [6, 6.07) is 53.6. The molecule has 0 saturated heterocycles. The molecule has 3 heterocycles. The lowest BCUT2D eigenvalue weighted by Gasteiger charge is -2.19. The average molecular weight is 763 g/mol. The summed E-state index contributed by atoms with van der Waals surface area (Å²) in [7, 11) is 0. The minimum Gasteiger partial charge on any atom is -0.307 e. The molecule has 8 nitrogen and oxygen atoms in total. The largest absolute Gasteiger partial charge is 0.307 e. The number of rotatable bonds is 5. The van der Waals surface area contributed by atoms with E-state index < -0.39 is 0 Å². The number of nitrogens with zero attached hydrogens (tertiary/aromatic N) is 8. The smallest absolute Gasteiger partial charge is 0.184 e. The summed E-state index contributed by atoms with van der Waals surface area (Å²) in [5.41, 5.74) is 12.5. The van der Waals surface area contributed by atoms with Crippen LogP contribution in [0.2, 0.25) is 0 Å². The maximum atomic E-state index is 10.1. The summed E-state index contributed by atoms with van der Waals surface area (Å²) in [6.07, 6.45) is 3.74. The third-order valence-electron chi connectivity index (χ3n) is 11.1. The predicted molar refractivity (Wildman–Crippen MR) is 236 cm³/mol. The van der Waals surface area contributed by atoms with Crippen molar-refractivity contribution in [2.45, 2.75) is 0 Å². The van der Waals surface area contributed by atoms with Crippen LogP contribution in [0.3, 0.4) is 0 Å². The molecule has 0 spiro atoms. The van der Waals surface area contributed by atoms with Crippen LogP contribution in [-0.4, -0.2) is 14.1 Å². The number of benzene rings is 7. The Morgan fingerprint density at radius 1 is 0.467 bits per heavy atom. The first-order chi connectivity index (χ1) is 29.5. The Kier molecular flexibility index (Phi) is 8.23. The number of hydrogen-bond acceptors (Lipinski definition) is 4. The van der Waals surface area contributed by atoms with Gasteiger partial charge in [0.25, 0.3) is 0 Å². The molecule has 0 atom stereocenters. The standard InChI is InChI=1S/C52H26N8/c1-56-38-17-19-40(45(26-38)57-2)35-16-21-49-44(25-35)42-11-4-6-13-47(42)60(49)51-31-58-30-50(52(51)36-9-7-8-32(22-36)27-53)59-46-12-5-3-10-41(46)43-24-34(15-20-48(43)59)39-18-14-33(28-54)23-37(39)29-55/h3-26,30-31H. The maximum absolute atomic E-state index is 10.1. The van der Waals surface area contributed by atoms with Gasteiger partial charge in [0, 0.05) is 27.1 Å². The van der Waals surface area contributed by atoms with Crippen molar-refractivity contribution in [3.8, 4) is 63.0 Å². The Bertz CT molecular complexity index is 3470. The Morgan fingerprint density at radius 3 is 1.65 bits per heavy atom. The predicted octanol–water partition coefficient (Wildman–Crippen LogP) is 13.0. The first-order valence-corrected chi connectivity index (χ1v) is 18.9. The summed E-state index contributed by atoms with van der Waals surface area (Å²) >= 11 is 0. The molecule has 274 valence electrons. The van der Waals surface area contributed by atoms with E-state index in [2.05, 4.69) is 85.6 Å². The van der Waals surface area contributed by atoms with Crippen LogP contribution >= 0.6 is 0 Å².